The van der Waals surface area contributed by atoms with Crippen molar-refractivity contribution < 1.29 is 84.3 Å². The maximum absolute atomic E-state index is 12.9. The fourth-order valence-electron chi connectivity index (χ4n) is 9.05. The summed E-state index contributed by atoms with van der Waals surface area (Å²) in [6.45, 7) is 28.0. The smallest absolute Gasteiger partial charge is 0.460 e. The van der Waals surface area contributed by atoms with Crippen molar-refractivity contribution in [1.29, 1.82) is 0 Å². The predicted molar refractivity (Wildman–Crippen MR) is 392 cm³/mol. The topological polar surface area (TPSA) is 310 Å². The lowest BCUT2D eigenvalue weighted by Crippen LogP contribution is -2.33. The Balaban J connectivity index is 1.45. The van der Waals surface area contributed by atoms with Gasteiger partial charge < -0.3 is 82.1 Å². The maximum Gasteiger partial charge on any atom is 0.460 e. The number of methoxy groups -OCH3 is 1. The van der Waals surface area contributed by atoms with Crippen molar-refractivity contribution in [2.24, 2.45) is 13.5 Å². The van der Waals surface area contributed by atoms with E-state index in [9.17, 15) is 28.8 Å². The molecule has 0 spiro atoms. The zero-order valence-electron chi connectivity index (χ0n) is 61.0. The van der Waals surface area contributed by atoms with E-state index in [4.69, 9.17) is 69.1 Å². The molecule has 0 aromatic heterocycles. The zero-order chi connectivity index (χ0) is 74.6. The second kappa shape index (κ2) is 35.0. The van der Waals surface area contributed by atoms with Crippen molar-refractivity contribution in [2.75, 3.05) is 39.8 Å². The average molecular weight is 1470 g/mol. The molecule has 0 aliphatic carbocycles. The van der Waals surface area contributed by atoms with Gasteiger partial charge in [0.25, 0.3) is 0 Å². The molecule has 6 aromatic carbocycles. The molecule has 0 fully saturated rings. The van der Waals surface area contributed by atoms with Gasteiger partial charge in [0.15, 0.2) is 0 Å². The van der Waals surface area contributed by atoms with E-state index in [2.05, 4.69) is 26.6 Å². The van der Waals surface area contributed by atoms with Gasteiger partial charge in [0.2, 0.25) is 0 Å². The number of nitrogens with zero attached hydrogens (tertiary/aromatic N) is 3. The number of alkyl carbamates (subject to hydrolysis) is 5. The van der Waals surface area contributed by atoms with Crippen molar-refractivity contribution in [2.45, 2.75) is 164 Å². The number of carbonyl (C=O) groups excluding carboxylic acids is 6. The van der Waals surface area contributed by atoms with Crippen LogP contribution in [0.4, 0.5) is 24.0 Å². The van der Waals surface area contributed by atoms with Gasteiger partial charge in [0, 0.05) is 32.7 Å². The Labute approximate surface area is 598 Å². The summed E-state index contributed by atoms with van der Waals surface area (Å²) in [5.74, 6) is 0.469. The van der Waals surface area contributed by atoms with E-state index < -0.39 is 87.4 Å². The number of esters is 1. The lowest BCUT2D eigenvalue weighted by molar-refractivity contribution is 0.0517. The normalized spacial score (nSPS) is 14.7. The van der Waals surface area contributed by atoms with Gasteiger partial charge >= 0.3 is 59.4 Å². The van der Waals surface area contributed by atoms with Crippen LogP contribution in [0.1, 0.15) is 142 Å². The average Bonchev–Trinajstić information content (AvgIpc) is 0.730. The molecule has 1 atom stereocenters. The molecule has 1 heterocycles. The summed E-state index contributed by atoms with van der Waals surface area (Å²) < 4.78 is 91.8. The number of carbonyl (C=O) groups is 6. The van der Waals surface area contributed by atoms with Crippen molar-refractivity contribution >= 4 is 59.4 Å². The van der Waals surface area contributed by atoms with E-state index in [0.29, 0.717) is 32.1 Å². The van der Waals surface area contributed by atoms with Crippen LogP contribution < -0.4 is 53.7 Å². The Hall–Kier alpha value is -9.37. The van der Waals surface area contributed by atoms with Crippen LogP contribution >= 0.6 is 23.0 Å². The molecule has 552 valence electrons. The maximum atomic E-state index is 12.9. The van der Waals surface area contributed by atoms with Gasteiger partial charge in [0.05, 0.1) is 12.7 Å². The molecule has 26 nitrogen and oxygen atoms in total. The highest BCUT2D eigenvalue weighted by molar-refractivity contribution is 7.79. The van der Waals surface area contributed by atoms with Crippen molar-refractivity contribution in [3.63, 3.8) is 0 Å². The third-order valence-corrected chi connectivity index (χ3v) is 21.4. The molecular weight excluding hydrogens is 1370 g/mol. The second-order valence-electron chi connectivity index (χ2n) is 28.4. The lowest BCUT2D eigenvalue weighted by Gasteiger charge is -2.33. The Morgan fingerprint density at radius 2 is 0.451 bits per heavy atom. The number of ether oxygens (including phenoxy) is 6. The molecule has 7 rings (SSSR count). The van der Waals surface area contributed by atoms with Crippen LogP contribution in [0.15, 0.2) is 159 Å². The highest BCUT2D eigenvalue weighted by Crippen LogP contribution is 2.78. The summed E-state index contributed by atoms with van der Waals surface area (Å²) in [6, 6.07) is 41.1. The highest BCUT2D eigenvalue weighted by atomic mass is 31.3. The third kappa shape index (κ3) is 28.6. The first-order chi connectivity index (χ1) is 47.8. The SMILES string of the molecule is COC(=O)c1ccc(OP2(Oc3ccc(CCNC(=O)OC(C)(C)C)cc3)=NP(Oc3ccc(CCNC(=O)OC(C)(C)C)cc3)(Oc3ccc(CCNC(=O)OC(C)(C)C)cc3)=NP(Oc3ccc(CCNC(=O)OC(C)(C)C)cc3)(Oc3ccc(CCNC(=O)OC(C)(C)C)cc3)=N2)cc1. The van der Waals surface area contributed by atoms with Gasteiger partial charge in [-0.3, -0.25) is 0 Å². The van der Waals surface area contributed by atoms with Gasteiger partial charge in [0.1, 0.15) is 62.5 Å². The molecule has 0 radical (unpaired) electrons. The third-order valence-electron chi connectivity index (χ3n) is 13.3. The van der Waals surface area contributed by atoms with Crippen molar-refractivity contribution in [3.8, 4) is 34.5 Å². The Bertz CT molecular complexity index is 3660. The molecule has 0 saturated carbocycles. The number of hydrogen-bond donors (Lipinski definition) is 5. The quantitative estimate of drug-likeness (QED) is 0.0173. The van der Waals surface area contributed by atoms with E-state index >= 15 is 0 Å². The number of benzene rings is 6. The van der Waals surface area contributed by atoms with Gasteiger partial charge in [-0.25, -0.2) is 28.8 Å². The van der Waals surface area contributed by atoms with E-state index in [0.717, 1.165) is 27.8 Å². The van der Waals surface area contributed by atoms with Crippen LogP contribution in [-0.2, 0) is 60.5 Å². The summed E-state index contributed by atoms with van der Waals surface area (Å²) >= 11 is 0. The first-order valence-electron chi connectivity index (χ1n) is 33.4. The summed E-state index contributed by atoms with van der Waals surface area (Å²) in [7, 11) is -12.4. The van der Waals surface area contributed by atoms with Crippen molar-refractivity contribution in [3.05, 3.63) is 179 Å². The fraction of sp³-hybridized carbons (Fsp3) is 0.425. The van der Waals surface area contributed by atoms with Gasteiger partial charge in [-0.15, -0.1) is 0 Å². The second-order valence-corrected chi connectivity index (χ2v) is 34.6. The van der Waals surface area contributed by atoms with E-state index in [1.54, 1.807) is 177 Å². The predicted octanol–water partition coefficient (Wildman–Crippen LogP) is 17.4. The zero-order valence-corrected chi connectivity index (χ0v) is 63.6. The van der Waals surface area contributed by atoms with Gasteiger partial charge in [-0.1, -0.05) is 74.2 Å². The summed E-state index contributed by atoms with van der Waals surface area (Å²) in [5.41, 5.74) is 0.740. The summed E-state index contributed by atoms with van der Waals surface area (Å²) in [6.07, 6.45) is -0.803. The Morgan fingerprint density at radius 3 is 0.608 bits per heavy atom. The highest BCUT2D eigenvalue weighted by Gasteiger charge is 2.49. The molecule has 1 aliphatic rings. The first-order valence-corrected chi connectivity index (χ1v) is 38.0. The molecule has 0 bridgehead atoms. The van der Waals surface area contributed by atoms with Crippen LogP contribution in [0.2, 0.25) is 0 Å². The van der Waals surface area contributed by atoms with E-state index in [1.165, 1.54) is 31.4 Å². The lowest BCUT2D eigenvalue weighted by atomic mass is 10.1. The Kier molecular flexibility index (Phi) is 27.4. The molecule has 6 aromatic rings. The minimum absolute atomic E-state index is 0.105. The molecule has 5 amide bonds. The molecule has 5 N–H and O–H groups in total. The van der Waals surface area contributed by atoms with E-state index in [-0.39, 0.29) is 72.8 Å². The van der Waals surface area contributed by atoms with Gasteiger partial charge in [-0.2, -0.15) is 0 Å². The molecule has 0 saturated heterocycles. The molecular formula is C73H97N8O18P3. The number of amides is 5. The van der Waals surface area contributed by atoms with Gasteiger partial charge in [-0.05, 0) is 249 Å². The standard InChI is InChI=1S/C73H97N8O18P3/c1-69(2,3)89-64(83)74-46-41-51-17-29-57(30-18-51)94-100(95-58-31-19-52(20-32-58)42-47-75-65(84)90-70(4,5)6)79-101(96-59-33-21-53(22-34-59)43-48-76-66(85)91-71(7,8)9,97-60-35-23-54(24-36-60)44-49-77-67(86)92-72(10,11)12)81-102(80-100,99-62-39-27-56(28-40-62)63(82)88-16)98-61-37-25-55(26-38-61)45-50-78-68(87)93-73(13,14)15/h17-40H,41-50H2,1-16H3,(H,74,83)(H,75,84)(H,76,85)(H,77,86)(H,78,87). The summed E-state index contributed by atoms with van der Waals surface area (Å²) in [4.78, 5) is 76.3. The van der Waals surface area contributed by atoms with Crippen LogP contribution in [0.25, 0.3) is 0 Å². The number of hydrogen-bond acceptors (Lipinski definition) is 21. The molecule has 1 aliphatic heterocycles. The molecule has 29 heteroatoms. The van der Waals surface area contributed by atoms with Crippen LogP contribution in [0, 0.1) is 0 Å². The number of nitrogens with one attached hydrogen (secondary N) is 5. The molecule has 102 heavy (non-hydrogen) atoms. The van der Waals surface area contributed by atoms with Crippen LogP contribution in [0.5, 0.6) is 34.5 Å². The largest absolute Gasteiger partial charge is 0.465 e. The minimum atomic E-state index is -4.58. The first kappa shape index (κ1) is 79.9. The molecule has 1 unspecified atom stereocenters. The fourth-order valence-corrected chi connectivity index (χ4v) is 18.1. The van der Waals surface area contributed by atoms with Crippen LogP contribution in [-0.4, -0.2) is 104 Å². The number of rotatable bonds is 28. The van der Waals surface area contributed by atoms with Crippen LogP contribution in [0.3, 0.4) is 0 Å². The monoisotopic (exact) mass is 1470 g/mol. The van der Waals surface area contributed by atoms with E-state index in [1.807, 2.05) is 48.5 Å². The minimum Gasteiger partial charge on any atom is -0.465 e. The Morgan fingerprint density at radius 1 is 0.284 bits per heavy atom. The van der Waals surface area contributed by atoms with Crippen molar-refractivity contribution in [1.82, 2.24) is 26.6 Å². The summed E-state index contributed by atoms with van der Waals surface area (Å²) in [5, 5.41) is 14.0.